The second kappa shape index (κ2) is 6.49. The zero-order chi connectivity index (χ0) is 20.1. The first-order valence-corrected chi connectivity index (χ1v) is 9.87. The van der Waals surface area contributed by atoms with Crippen molar-refractivity contribution in [3.8, 4) is 17.6 Å². The van der Waals surface area contributed by atoms with E-state index in [1.807, 2.05) is 46.9 Å². The Morgan fingerprint density at radius 2 is 1.97 bits per heavy atom. The van der Waals surface area contributed by atoms with Crippen LogP contribution in [0.4, 0.5) is 5.82 Å². The molecule has 2 aromatic heterocycles. The number of hydrogen-bond donors (Lipinski definition) is 1. The van der Waals surface area contributed by atoms with Gasteiger partial charge in [-0.1, -0.05) is 12.1 Å². The van der Waals surface area contributed by atoms with Gasteiger partial charge in [0.15, 0.2) is 17.1 Å². The molecule has 0 unspecified atom stereocenters. The van der Waals surface area contributed by atoms with E-state index in [4.69, 9.17) is 14.5 Å². The third-order valence-electron chi connectivity index (χ3n) is 5.71. The molecular formula is C23H17N5O2. The zero-order valence-electron chi connectivity index (χ0n) is 16.1. The SMILES string of the molecule is N#Cc1c2c(c(N/N=C/c3ccc4c(c3)OCO4)n3c1nc1ccccc13)CCC2. The molecule has 6 rings (SSSR count). The number of rotatable bonds is 3. The predicted molar refractivity (Wildman–Crippen MR) is 113 cm³/mol. The summed E-state index contributed by atoms with van der Waals surface area (Å²) < 4.78 is 12.8. The molecule has 4 aromatic rings. The van der Waals surface area contributed by atoms with Crippen LogP contribution in [-0.2, 0) is 12.8 Å². The van der Waals surface area contributed by atoms with Gasteiger partial charge < -0.3 is 9.47 Å². The summed E-state index contributed by atoms with van der Waals surface area (Å²) in [5, 5.41) is 14.3. The van der Waals surface area contributed by atoms with Gasteiger partial charge in [0.1, 0.15) is 11.9 Å². The Hall–Kier alpha value is -4.05. The maximum absolute atomic E-state index is 9.84. The van der Waals surface area contributed by atoms with E-state index in [-0.39, 0.29) is 6.79 Å². The van der Waals surface area contributed by atoms with Crippen molar-refractivity contribution in [2.75, 3.05) is 12.2 Å². The topological polar surface area (TPSA) is 83.9 Å². The molecule has 0 amide bonds. The van der Waals surface area contributed by atoms with Crippen LogP contribution in [0.1, 0.15) is 28.7 Å². The average Bonchev–Trinajstić information content (AvgIpc) is 3.51. The van der Waals surface area contributed by atoms with E-state index in [9.17, 15) is 5.26 Å². The molecule has 0 saturated carbocycles. The minimum atomic E-state index is 0.247. The number of anilines is 1. The number of para-hydroxylation sites is 2. The summed E-state index contributed by atoms with van der Waals surface area (Å²) in [5.41, 5.74) is 9.55. The predicted octanol–water partition coefficient (Wildman–Crippen LogP) is 4.02. The van der Waals surface area contributed by atoms with Crippen LogP contribution in [-0.4, -0.2) is 22.4 Å². The molecule has 7 heteroatoms. The van der Waals surface area contributed by atoms with Gasteiger partial charge in [-0.2, -0.15) is 10.4 Å². The van der Waals surface area contributed by atoms with E-state index in [1.165, 1.54) is 0 Å². The van der Waals surface area contributed by atoms with Crippen LogP contribution in [0.25, 0.3) is 16.7 Å². The second-order valence-corrected chi connectivity index (χ2v) is 7.39. The van der Waals surface area contributed by atoms with Crippen molar-refractivity contribution in [1.29, 1.82) is 5.26 Å². The van der Waals surface area contributed by atoms with Crippen LogP contribution < -0.4 is 14.9 Å². The molecule has 7 nitrogen and oxygen atoms in total. The molecule has 0 bridgehead atoms. The highest BCUT2D eigenvalue weighted by Crippen LogP contribution is 2.36. The lowest BCUT2D eigenvalue weighted by Gasteiger charge is -2.13. The molecule has 0 spiro atoms. The van der Waals surface area contributed by atoms with Gasteiger partial charge in [-0.05, 0) is 66.3 Å². The molecule has 0 atom stereocenters. The first-order chi connectivity index (χ1) is 14.8. The summed E-state index contributed by atoms with van der Waals surface area (Å²) in [6, 6.07) is 16.0. The maximum atomic E-state index is 9.84. The largest absolute Gasteiger partial charge is 0.454 e. The van der Waals surface area contributed by atoms with E-state index in [2.05, 4.69) is 16.6 Å². The number of nitrogens with zero attached hydrogens (tertiary/aromatic N) is 4. The van der Waals surface area contributed by atoms with E-state index in [0.29, 0.717) is 11.2 Å². The minimum Gasteiger partial charge on any atom is -0.454 e. The number of imidazole rings is 1. The fourth-order valence-corrected chi connectivity index (χ4v) is 4.37. The van der Waals surface area contributed by atoms with E-state index in [1.54, 1.807) is 6.21 Å². The first-order valence-electron chi connectivity index (χ1n) is 9.87. The fraction of sp³-hybridized carbons (Fsp3) is 0.174. The van der Waals surface area contributed by atoms with E-state index < -0.39 is 0 Å². The highest BCUT2D eigenvalue weighted by atomic mass is 16.7. The van der Waals surface area contributed by atoms with Gasteiger partial charge in [-0.3, -0.25) is 9.83 Å². The lowest BCUT2D eigenvalue weighted by atomic mass is 10.1. The number of fused-ring (bicyclic) bond motifs is 5. The highest BCUT2D eigenvalue weighted by Gasteiger charge is 2.25. The van der Waals surface area contributed by atoms with Crippen LogP contribution in [0, 0.1) is 11.3 Å². The Bertz CT molecular complexity index is 1400. The van der Waals surface area contributed by atoms with Gasteiger partial charge in [-0.15, -0.1) is 0 Å². The number of hydrazone groups is 1. The van der Waals surface area contributed by atoms with Gasteiger partial charge in [0.2, 0.25) is 6.79 Å². The molecule has 1 N–H and O–H groups in total. The number of benzene rings is 2. The quantitative estimate of drug-likeness (QED) is 0.418. The summed E-state index contributed by atoms with van der Waals surface area (Å²) in [5.74, 6) is 2.35. The maximum Gasteiger partial charge on any atom is 0.231 e. The van der Waals surface area contributed by atoms with Gasteiger partial charge in [0, 0.05) is 0 Å². The van der Waals surface area contributed by atoms with Crippen molar-refractivity contribution in [3.05, 3.63) is 64.7 Å². The average molecular weight is 395 g/mol. The van der Waals surface area contributed by atoms with Crippen LogP contribution in [0.2, 0.25) is 0 Å². The van der Waals surface area contributed by atoms with Crippen molar-refractivity contribution in [2.45, 2.75) is 19.3 Å². The zero-order valence-corrected chi connectivity index (χ0v) is 16.1. The monoisotopic (exact) mass is 395 g/mol. The Morgan fingerprint density at radius 1 is 1.10 bits per heavy atom. The first kappa shape index (κ1) is 16.9. The van der Waals surface area contributed by atoms with Crippen molar-refractivity contribution in [2.24, 2.45) is 5.10 Å². The summed E-state index contributed by atoms with van der Waals surface area (Å²) in [4.78, 5) is 4.75. The number of hydrogen-bond acceptors (Lipinski definition) is 6. The third-order valence-corrected chi connectivity index (χ3v) is 5.71. The van der Waals surface area contributed by atoms with E-state index in [0.717, 1.165) is 64.3 Å². The standard InChI is InChI=1S/C23H17N5O2/c24-11-17-15-4-3-5-16(15)23(28-19-7-2-1-6-18(19)26-22(17)28)27-25-12-14-8-9-20-21(10-14)30-13-29-20/h1-2,6-10,12,27H,3-5,13H2/b25-12+. The number of nitrogens with one attached hydrogen (secondary N) is 1. The summed E-state index contributed by atoms with van der Waals surface area (Å²) >= 11 is 0. The van der Waals surface area contributed by atoms with Crippen LogP contribution in [0.5, 0.6) is 11.5 Å². The summed E-state index contributed by atoms with van der Waals surface area (Å²) in [7, 11) is 0. The Kier molecular flexibility index (Phi) is 3.65. The van der Waals surface area contributed by atoms with Crippen molar-refractivity contribution >= 4 is 28.7 Å². The second-order valence-electron chi connectivity index (χ2n) is 7.39. The van der Waals surface area contributed by atoms with Gasteiger partial charge in [0.25, 0.3) is 0 Å². The van der Waals surface area contributed by atoms with Gasteiger partial charge in [0.05, 0.1) is 22.8 Å². The third kappa shape index (κ3) is 2.44. The summed E-state index contributed by atoms with van der Waals surface area (Å²) in [6.07, 6.45) is 4.58. The molecule has 1 aliphatic carbocycles. The van der Waals surface area contributed by atoms with E-state index >= 15 is 0 Å². The Balaban J connectivity index is 1.48. The smallest absolute Gasteiger partial charge is 0.231 e. The Labute approximate surface area is 172 Å². The molecule has 0 fully saturated rings. The number of aromatic nitrogens is 2. The molecule has 0 saturated heterocycles. The summed E-state index contributed by atoms with van der Waals surface area (Å²) in [6.45, 7) is 0.247. The molecule has 1 aliphatic heterocycles. The lowest BCUT2D eigenvalue weighted by molar-refractivity contribution is 0.174. The van der Waals surface area contributed by atoms with Crippen molar-refractivity contribution in [3.63, 3.8) is 0 Å². The van der Waals surface area contributed by atoms with Crippen LogP contribution in [0.15, 0.2) is 47.6 Å². The number of pyridine rings is 1. The normalized spacial score (nSPS) is 14.5. The molecule has 2 aliphatic rings. The lowest BCUT2D eigenvalue weighted by Crippen LogP contribution is -2.06. The van der Waals surface area contributed by atoms with Crippen LogP contribution in [0.3, 0.4) is 0 Å². The highest BCUT2D eigenvalue weighted by molar-refractivity contribution is 5.87. The minimum absolute atomic E-state index is 0.247. The molecule has 30 heavy (non-hydrogen) atoms. The van der Waals surface area contributed by atoms with Gasteiger partial charge >= 0.3 is 0 Å². The molecule has 3 heterocycles. The molecule has 146 valence electrons. The Morgan fingerprint density at radius 3 is 2.90 bits per heavy atom. The number of ether oxygens (including phenoxy) is 2. The molecular weight excluding hydrogens is 378 g/mol. The molecule has 0 radical (unpaired) electrons. The van der Waals surface area contributed by atoms with Gasteiger partial charge in [-0.25, -0.2) is 4.98 Å². The number of nitriles is 1. The fourth-order valence-electron chi connectivity index (χ4n) is 4.37. The van der Waals surface area contributed by atoms with Crippen LogP contribution >= 0.6 is 0 Å². The van der Waals surface area contributed by atoms with Crippen molar-refractivity contribution < 1.29 is 9.47 Å². The van der Waals surface area contributed by atoms with Crippen molar-refractivity contribution in [1.82, 2.24) is 9.38 Å². The molecule has 2 aromatic carbocycles.